The minimum absolute atomic E-state index is 0. The molecule has 0 spiro atoms. The number of rotatable bonds is 6. The van der Waals surface area contributed by atoms with Crippen LogP contribution in [0.1, 0.15) is 20.8 Å². The zero-order chi connectivity index (χ0) is 12.1. The van der Waals surface area contributed by atoms with Crippen molar-refractivity contribution in [1.29, 1.82) is 0 Å². The summed E-state index contributed by atoms with van der Waals surface area (Å²) in [4.78, 5) is 3.77. The maximum Gasteiger partial charge on any atom is 0.130 e. The second-order valence-corrected chi connectivity index (χ2v) is 2.35. The Morgan fingerprint density at radius 3 is 2.06 bits per heavy atom. The molecule has 0 atom stereocenters. The second kappa shape index (κ2) is 16.9. The van der Waals surface area contributed by atoms with Crippen LogP contribution in [0.15, 0.2) is 53.9 Å². The van der Waals surface area contributed by atoms with Crippen LogP contribution in [0.25, 0.3) is 0 Å². The summed E-state index contributed by atoms with van der Waals surface area (Å²) < 4.78 is 5.33. The Balaban J connectivity index is -0.000000529. The van der Waals surface area contributed by atoms with Gasteiger partial charge in [0.15, 0.2) is 0 Å². The monoisotopic (exact) mass is 445 g/mol. The van der Waals surface area contributed by atoms with Crippen LogP contribution in [-0.4, -0.2) is 13.3 Å². The van der Waals surface area contributed by atoms with E-state index in [0.717, 1.165) is 11.5 Å². The number of ether oxygens (including phenoxy) is 1. The van der Waals surface area contributed by atoms with Gasteiger partial charge in [0.05, 0.1) is 11.5 Å². The summed E-state index contributed by atoms with van der Waals surface area (Å²) in [5.41, 5.74) is 0.756. The van der Waals surface area contributed by atoms with Crippen LogP contribution < -0.4 is 0 Å². The van der Waals surface area contributed by atoms with Crippen LogP contribution in [0.2, 0.25) is 0 Å². The molecule has 0 aromatic rings. The summed E-state index contributed by atoms with van der Waals surface area (Å²) in [6.07, 6.45) is 6.87. The van der Waals surface area contributed by atoms with Crippen molar-refractivity contribution in [2.75, 3.05) is 6.61 Å². The van der Waals surface area contributed by atoms with E-state index in [-0.39, 0.29) is 31.1 Å². The molecular formula is C13H21NOU. The van der Waals surface area contributed by atoms with Crippen LogP contribution in [-0.2, 0) is 4.74 Å². The molecule has 0 aliphatic carbocycles. The van der Waals surface area contributed by atoms with E-state index in [0.29, 0.717) is 6.61 Å². The van der Waals surface area contributed by atoms with Crippen LogP contribution in [0.5, 0.6) is 0 Å². The Morgan fingerprint density at radius 1 is 1.19 bits per heavy atom. The van der Waals surface area contributed by atoms with Crippen molar-refractivity contribution in [1.82, 2.24) is 0 Å². The van der Waals surface area contributed by atoms with Gasteiger partial charge < -0.3 is 4.74 Å². The molecule has 0 saturated carbocycles. The third-order valence-electron chi connectivity index (χ3n) is 1.31. The van der Waals surface area contributed by atoms with E-state index >= 15 is 0 Å². The van der Waals surface area contributed by atoms with Crippen LogP contribution >= 0.6 is 0 Å². The van der Waals surface area contributed by atoms with Gasteiger partial charge in [0.25, 0.3) is 0 Å². The van der Waals surface area contributed by atoms with E-state index in [2.05, 4.69) is 24.9 Å². The minimum atomic E-state index is 0. The topological polar surface area (TPSA) is 21.6 Å². The van der Waals surface area contributed by atoms with Crippen molar-refractivity contribution in [3.05, 3.63) is 48.9 Å². The van der Waals surface area contributed by atoms with E-state index in [1.54, 1.807) is 24.3 Å². The summed E-state index contributed by atoms with van der Waals surface area (Å²) in [6, 6.07) is 0. The maximum atomic E-state index is 5.33. The molecule has 0 rings (SSSR count). The van der Waals surface area contributed by atoms with Gasteiger partial charge in [0.2, 0.25) is 0 Å². The summed E-state index contributed by atoms with van der Waals surface area (Å²) >= 11 is 0. The van der Waals surface area contributed by atoms with Gasteiger partial charge in [-0.05, 0) is 25.8 Å². The summed E-state index contributed by atoms with van der Waals surface area (Å²) in [6.45, 7) is 16.8. The molecule has 16 heavy (non-hydrogen) atoms. The first-order valence-electron chi connectivity index (χ1n) is 4.95. The number of hydrogen-bond acceptors (Lipinski definition) is 2. The van der Waals surface area contributed by atoms with Gasteiger partial charge >= 0.3 is 0 Å². The molecule has 0 aromatic heterocycles. The number of allylic oxidation sites excluding steroid dienone is 5. The average Bonchev–Trinajstić information content (AvgIpc) is 2.27. The predicted octanol–water partition coefficient (Wildman–Crippen LogP) is 3.89. The van der Waals surface area contributed by atoms with Crippen molar-refractivity contribution in [2.24, 2.45) is 4.99 Å². The largest absolute Gasteiger partial charge is 0.492 e. The van der Waals surface area contributed by atoms with Crippen LogP contribution in [0.3, 0.4) is 0 Å². The molecule has 2 nitrogen and oxygen atoms in total. The van der Waals surface area contributed by atoms with Crippen molar-refractivity contribution >= 4 is 6.72 Å². The Morgan fingerprint density at radius 2 is 1.69 bits per heavy atom. The molecule has 0 aliphatic heterocycles. The van der Waals surface area contributed by atoms with E-state index < -0.39 is 0 Å². The third-order valence-corrected chi connectivity index (χ3v) is 1.31. The number of nitrogens with zero attached hydrogens (tertiary/aromatic N) is 1. The fourth-order valence-corrected chi connectivity index (χ4v) is 0.684. The SMILES string of the molecule is C=C/C=C(/CO/C(C)=C/C=C)N=C.CC.[U]. The van der Waals surface area contributed by atoms with Crippen molar-refractivity contribution < 1.29 is 35.9 Å². The summed E-state index contributed by atoms with van der Waals surface area (Å²) in [5.74, 6) is 0.800. The molecule has 0 amide bonds. The quantitative estimate of drug-likeness (QED) is 0.346. The molecule has 0 saturated heterocycles. The smallest absolute Gasteiger partial charge is 0.130 e. The molecule has 0 bridgehead atoms. The van der Waals surface area contributed by atoms with Gasteiger partial charge in [0, 0.05) is 31.1 Å². The van der Waals surface area contributed by atoms with Gasteiger partial charge in [-0.2, -0.15) is 0 Å². The van der Waals surface area contributed by atoms with E-state index in [1.165, 1.54) is 0 Å². The van der Waals surface area contributed by atoms with Gasteiger partial charge in [-0.1, -0.05) is 39.2 Å². The first kappa shape index (κ1) is 20.8. The Bertz CT molecular complexity index is 255. The van der Waals surface area contributed by atoms with Gasteiger partial charge in [-0.3, -0.25) is 4.99 Å². The molecule has 0 fully saturated rings. The fraction of sp³-hybridized carbons (Fsp3) is 0.308. The summed E-state index contributed by atoms with van der Waals surface area (Å²) in [5, 5.41) is 0. The Labute approximate surface area is 123 Å². The maximum absolute atomic E-state index is 5.33. The zero-order valence-corrected chi connectivity index (χ0v) is 14.7. The molecule has 0 aliphatic rings. The predicted molar refractivity (Wildman–Crippen MR) is 69.1 cm³/mol. The van der Waals surface area contributed by atoms with Crippen molar-refractivity contribution in [3.8, 4) is 0 Å². The second-order valence-electron chi connectivity index (χ2n) is 2.35. The molecule has 0 unspecified atom stereocenters. The standard InChI is InChI=1S/C11H15NO.C2H6.U/c1-5-7-10(3)13-9-11(12-4)8-6-2;1-2;/h5-8H,1-2,4,9H2,3H3;1-2H3;/b10-7+,11-8-;;. The van der Waals surface area contributed by atoms with Crippen LogP contribution in [0.4, 0.5) is 0 Å². The molecule has 0 aromatic carbocycles. The fourth-order valence-electron chi connectivity index (χ4n) is 0.684. The molecule has 88 valence electrons. The van der Waals surface area contributed by atoms with Crippen molar-refractivity contribution in [2.45, 2.75) is 20.8 Å². The zero-order valence-electron chi connectivity index (χ0n) is 10.5. The molecule has 0 N–H and O–H groups in total. The van der Waals surface area contributed by atoms with E-state index in [9.17, 15) is 0 Å². The van der Waals surface area contributed by atoms with E-state index in [4.69, 9.17) is 4.74 Å². The van der Waals surface area contributed by atoms with Crippen LogP contribution in [0, 0.1) is 31.1 Å². The molecule has 3 heteroatoms. The molecular weight excluding hydrogens is 424 g/mol. The van der Waals surface area contributed by atoms with Gasteiger partial charge in [-0.15, -0.1) is 0 Å². The Hall–Kier alpha value is -0.518. The van der Waals surface area contributed by atoms with Gasteiger partial charge in [0.1, 0.15) is 6.61 Å². The third kappa shape index (κ3) is 13.5. The first-order valence-corrected chi connectivity index (χ1v) is 4.95. The van der Waals surface area contributed by atoms with Crippen molar-refractivity contribution in [3.63, 3.8) is 0 Å². The molecule has 0 radical (unpaired) electrons. The minimum Gasteiger partial charge on any atom is -0.492 e. The first-order chi connectivity index (χ1) is 7.24. The number of aliphatic imine (C=N–C) groups is 1. The van der Waals surface area contributed by atoms with Gasteiger partial charge in [-0.25, -0.2) is 0 Å². The van der Waals surface area contributed by atoms with E-state index in [1.807, 2.05) is 20.8 Å². The normalized spacial score (nSPS) is 10.2. The summed E-state index contributed by atoms with van der Waals surface area (Å²) in [7, 11) is 0. The average molecular weight is 445 g/mol. The number of hydrogen-bond donors (Lipinski definition) is 0. The molecule has 0 heterocycles. The Kier molecular flexibility index (Phi) is 22.0.